The highest BCUT2D eigenvalue weighted by Crippen LogP contribution is 2.26. The van der Waals surface area contributed by atoms with E-state index in [0.29, 0.717) is 6.54 Å². The van der Waals surface area contributed by atoms with E-state index >= 15 is 0 Å². The van der Waals surface area contributed by atoms with Gasteiger partial charge >= 0.3 is 0 Å². The third kappa shape index (κ3) is 4.65. The Morgan fingerprint density at radius 3 is 2.62 bits per heavy atom. The summed E-state index contributed by atoms with van der Waals surface area (Å²) in [5.74, 6) is -2.90. The Kier molecular flexibility index (Phi) is 6.32. The molecule has 1 aliphatic heterocycles. The molecule has 10 heteroatoms. The highest BCUT2D eigenvalue weighted by Gasteiger charge is 2.23. The minimum atomic E-state index is -1.17. The van der Waals surface area contributed by atoms with Crippen molar-refractivity contribution in [3.8, 4) is 5.75 Å². The van der Waals surface area contributed by atoms with Crippen molar-refractivity contribution in [1.29, 1.82) is 0 Å². The molecule has 3 N–H and O–H groups in total. The van der Waals surface area contributed by atoms with E-state index in [-0.39, 0.29) is 34.7 Å². The van der Waals surface area contributed by atoms with Crippen LogP contribution in [0, 0.1) is 11.6 Å². The summed E-state index contributed by atoms with van der Waals surface area (Å²) >= 11 is 0. The number of anilines is 2. The van der Waals surface area contributed by atoms with Crippen molar-refractivity contribution in [1.82, 2.24) is 14.9 Å². The van der Waals surface area contributed by atoms with E-state index in [1.807, 2.05) is 0 Å². The van der Waals surface area contributed by atoms with Crippen molar-refractivity contribution >= 4 is 23.8 Å². The molecule has 1 fully saturated rings. The average Bonchev–Trinajstić information content (AvgIpc) is 2.71. The number of rotatable bonds is 7. The number of nitrogen functional groups attached to an aromatic ring is 1. The number of ether oxygens (including phenoxy) is 1. The molecule has 1 aromatic carbocycles. The Bertz CT molecular complexity index is 917. The lowest BCUT2D eigenvalue weighted by atomic mass is 10.0. The second-order valence-corrected chi connectivity index (χ2v) is 6.67. The van der Waals surface area contributed by atoms with Gasteiger partial charge in [0.2, 0.25) is 11.7 Å². The fraction of sp³-hybridized carbons (Fsp3) is 0.368. The van der Waals surface area contributed by atoms with Gasteiger partial charge in [0.05, 0.1) is 24.8 Å². The van der Waals surface area contributed by atoms with Gasteiger partial charge in [-0.2, -0.15) is 4.98 Å². The Labute approximate surface area is 166 Å². The fourth-order valence-corrected chi connectivity index (χ4v) is 3.21. The van der Waals surface area contributed by atoms with Crippen LogP contribution in [-0.4, -0.2) is 59.7 Å². The highest BCUT2D eigenvalue weighted by molar-refractivity contribution is 6.13. The number of halogens is 2. The van der Waals surface area contributed by atoms with E-state index < -0.39 is 17.4 Å². The zero-order valence-electron chi connectivity index (χ0n) is 15.8. The summed E-state index contributed by atoms with van der Waals surface area (Å²) in [5, 5.41) is 3.17. The monoisotopic (exact) mass is 405 g/mol. The lowest BCUT2D eigenvalue weighted by Crippen LogP contribution is -2.40. The van der Waals surface area contributed by atoms with Crippen LogP contribution in [0.4, 0.5) is 20.5 Å². The van der Waals surface area contributed by atoms with E-state index in [2.05, 4.69) is 20.2 Å². The quantitative estimate of drug-likeness (QED) is 0.529. The zero-order chi connectivity index (χ0) is 21.0. The molecule has 0 aliphatic carbocycles. The molecule has 0 spiro atoms. The first-order valence-corrected chi connectivity index (χ1v) is 9.05. The molecule has 0 atom stereocenters. The van der Waals surface area contributed by atoms with Crippen molar-refractivity contribution < 1.29 is 23.1 Å². The topological polar surface area (TPSA) is 110 Å². The second-order valence-electron chi connectivity index (χ2n) is 6.67. The first kappa shape index (κ1) is 20.6. The zero-order valence-corrected chi connectivity index (χ0v) is 15.8. The summed E-state index contributed by atoms with van der Waals surface area (Å²) in [6, 6.07) is 1.67. The maximum absolute atomic E-state index is 13.6. The minimum absolute atomic E-state index is 0.0411. The van der Waals surface area contributed by atoms with Crippen molar-refractivity contribution in [2.75, 3.05) is 37.8 Å². The van der Waals surface area contributed by atoms with Gasteiger partial charge in [0.1, 0.15) is 17.9 Å². The minimum Gasteiger partial charge on any atom is -0.496 e. The largest absolute Gasteiger partial charge is 0.496 e. The van der Waals surface area contributed by atoms with Crippen molar-refractivity contribution in [3.05, 3.63) is 41.1 Å². The molecule has 29 heavy (non-hydrogen) atoms. The van der Waals surface area contributed by atoms with Crippen LogP contribution in [0.5, 0.6) is 5.75 Å². The summed E-state index contributed by atoms with van der Waals surface area (Å²) in [4.78, 5) is 33.6. The van der Waals surface area contributed by atoms with Crippen molar-refractivity contribution in [2.24, 2.45) is 0 Å². The number of methoxy groups -OCH3 is 1. The summed E-state index contributed by atoms with van der Waals surface area (Å²) < 4.78 is 32.0. The summed E-state index contributed by atoms with van der Waals surface area (Å²) in [6.07, 6.45) is 3.75. The average molecular weight is 405 g/mol. The van der Waals surface area contributed by atoms with Gasteiger partial charge in [-0.05, 0) is 18.9 Å². The molecular formula is C19H21F2N5O3. The predicted octanol–water partition coefficient (Wildman–Crippen LogP) is 1.65. The van der Waals surface area contributed by atoms with E-state index in [9.17, 15) is 18.4 Å². The SMILES string of the molecule is COc1cc(F)c(F)cc1C(=O)c1cnc(NC2CCN(CC=O)CC2)nc1N. The van der Waals surface area contributed by atoms with Crippen LogP contribution in [0.2, 0.25) is 0 Å². The first-order valence-electron chi connectivity index (χ1n) is 9.05. The number of aldehydes is 1. The van der Waals surface area contributed by atoms with E-state index in [1.165, 1.54) is 13.3 Å². The molecule has 0 radical (unpaired) electrons. The standard InChI is InChI=1S/C19H21F2N5O3/c1-29-16-9-15(21)14(20)8-12(16)17(28)13-10-23-19(25-18(13)22)24-11-2-4-26(5-3-11)6-7-27/h7-11H,2-6H2,1H3,(H3,22,23,24,25). The van der Waals surface area contributed by atoms with Crippen LogP contribution >= 0.6 is 0 Å². The van der Waals surface area contributed by atoms with Crippen molar-refractivity contribution in [3.63, 3.8) is 0 Å². The van der Waals surface area contributed by atoms with E-state index in [0.717, 1.165) is 44.4 Å². The third-order valence-corrected chi connectivity index (χ3v) is 4.80. The molecule has 2 aromatic rings. The summed E-state index contributed by atoms with van der Waals surface area (Å²) in [6.45, 7) is 1.97. The lowest BCUT2D eigenvalue weighted by molar-refractivity contribution is -0.109. The van der Waals surface area contributed by atoms with Gasteiger partial charge < -0.3 is 20.6 Å². The molecule has 1 aliphatic rings. The van der Waals surface area contributed by atoms with Crippen molar-refractivity contribution in [2.45, 2.75) is 18.9 Å². The second kappa shape index (κ2) is 8.91. The van der Waals surface area contributed by atoms with Crippen LogP contribution in [-0.2, 0) is 4.79 Å². The van der Waals surface area contributed by atoms with Gasteiger partial charge in [-0.25, -0.2) is 13.8 Å². The highest BCUT2D eigenvalue weighted by atomic mass is 19.2. The van der Waals surface area contributed by atoms with Gasteiger partial charge in [-0.15, -0.1) is 0 Å². The summed E-state index contributed by atoms with van der Waals surface area (Å²) in [5.41, 5.74) is 5.70. The molecule has 0 unspecified atom stereocenters. The lowest BCUT2D eigenvalue weighted by Gasteiger charge is -2.31. The molecule has 0 bridgehead atoms. The molecular weight excluding hydrogens is 384 g/mol. The molecule has 3 rings (SSSR count). The van der Waals surface area contributed by atoms with Crippen LogP contribution < -0.4 is 15.8 Å². The maximum Gasteiger partial charge on any atom is 0.224 e. The van der Waals surface area contributed by atoms with Gasteiger partial charge in [-0.1, -0.05) is 0 Å². The van der Waals surface area contributed by atoms with Gasteiger partial charge in [0, 0.05) is 31.4 Å². The summed E-state index contributed by atoms with van der Waals surface area (Å²) in [7, 11) is 1.25. The number of nitrogens with two attached hydrogens (primary N) is 1. The number of hydrogen-bond donors (Lipinski definition) is 2. The number of hydrogen-bond acceptors (Lipinski definition) is 8. The number of piperidine rings is 1. The Morgan fingerprint density at radius 2 is 2.00 bits per heavy atom. The molecule has 0 amide bonds. The predicted molar refractivity (Wildman–Crippen MR) is 102 cm³/mol. The molecule has 1 aromatic heterocycles. The molecule has 2 heterocycles. The number of carbonyl (C=O) groups excluding carboxylic acids is 2. The molecule has 154 valence electrons. The number of aromatic nitrogens is 2. The van der Waals surface area contributed by atoms with E-state index in [4.69, 9.17) is 10.5 Å². The van der Waals surface area contributed by atoms with Gasteiger partial charge in [0.15, 0.2) is 11.6 Å². The fourth-order valence-electron chi connectivity index (χ4n) is 3.21. The Balaban J connectivity index is 1.74. The number of carbonyl (C=O) groups is 2. The first-order chi connectivity index (χ1) is 13.9. The number of nitrogens with one attached hydrogen (secondary N) is 1. The van der Waals surface area contributed by atoms with E-state index in [1.54, 1.807) is 0 Å². The number of benzene rings is 1. The van der Waals surface area contributed by atoms with Crippen LogP contribution in [0.25, 0.3) is 0 Å². The van der Waals surface area contributed by atoms with Crippen LogP contribution in [0.3, 0.4) is 0 Å². The van der Waals surface area contributed by atoms with Crippen LogP contribution in [0.1, 0.15) is 28.8 Å². The molecule has 0 saturated carbocycles. The molecule has 1 saturated heterocycles. The van der Waals surface area contributed by atoms with Gasteiger partial charge in [-0.3, -0.25) is 9.69 Å². The number of likely N-dealkylation sites (tertiary alicyclic amines) is 1. The van der Waals surface area contributed by atoms with Gasteiger partial charge in [0.25, 0.3) is 0 Å². The number of ketones is 1. The Morgan fingerprint density at radius 1 is 1.31 bits per heavy atom. The molecule has 8 nitrogen and oxygen atoms in total. The van der Waals surface area contributed by atoms with Crippen LogP contribution in [0.15, 0.2) is 18.3 Å². The maximum atomic E-state index is 13.6. The third-order valence-electron chi connectivity index (χ3n) is 4.80. The normalized spacial score (nSPS) is 15.1. The number of nitrogens with zero attached hydrogens (tertiary/aromatic N) is 3. The smallest absolute Gasteiger partial charge is 0.224 e. The Hall–Kier alpha value is -3.14.